The van der Waals surface area contributed by atoms with Crippen molar-refractivity contribution in [3.05, 3.63) is 57.6 Å². The van der Waals surface area contributed by atoms with Crippen molar-refractivity contribution in [1.82, 2.24) is 9.97 Å². The molecule has 0 aliphatic carbocycles. The largest absolute Gasteiger partial charge is 0.381 e. The van der Waals surface area contributed by atoms with E-state index in [9.17, 15) is 0 Å². The summed E-state index contributed by atoms with van der Waals surface area (Å²) in [7, 11) is 0. The molecule has 21 heavy (non-hydrogen) atoms. The van der Waals surface area contributed by atoms with Gasteiger partial charge in [0, 0.05) is 18.8 Å². The van der Waals surface area contributed by atoms with Crippen LogP contribution in [-0.4, -0.2) is 23.2 Å². The Morgan fingerprint density at radius 2 is 1.57 bits per heavy atom. The molecule has 1 aliphatic heterocycles. The van der Waals surface area contributed by atoms with Crippen LogP contribution in [0.15, 0.2) is 30.3 Å². The van der Waals surface area contributed by atoms with E-state index < -0.39 is 0 Å². The summed E-state index contributed by atoms with van der Waals surface area (Å²) in [5.74, 6) is 0.692. The highest BCUT2D eigenvalue weighted by molar-refractivity contribution is 6.34. The predicted molar refractivity (Wildman–Crippen MR) is 84.1 cm³/mol. The fourth-order valence-corrected chi connectivity index (χ4v) is 3.18. The van der Waals surface area contributed by atoms with Crippen molar-refractivity contribution in [3.63, 3.8) is 0 Å². The summed E-state index contributed by atoms with van der Waals surface area (Å²) in [6.45, 7) is 3.19. The lowest BCUT2D eigenvalue weighted by atomic mass is 9.73. The summed E-state index contributed by atoms with van der Waals surface area (Å²) in [6, 6.07) is 10.3. The van der Waals surface area contributed by atoms with E-state index in [2.05, 4.69) is 22.1 Å². The Bertz CT molecular complexity index is 617. The van der Waals surface area contributed by atoms with Crippen molar-refractivity contribution in [2.75, 3.05) is 13.2 Å². The first-order valence-electron chi connectivity index (χ1n) is 6.97. The van der Waals surface area contributed by atoms with Gasteiger partial charge in [0.1, 0.15) is 16.1 Å². The van der Waals surface area contributed by atoms with Crippen LogP contribution in [0.1, 0.15) is 29.8 Å². The first-order valence-corrected chi connectivity index (χ1v) is 7.72. The van der Waals surface area contributed by atoms with Crippen molar-refractivity contribution in [2.45, 2.75) is 25.2 Å². The highest BCUT2D eigenvalue weighted by Crippen LogP contribution is 2.40. The maximum atomic E-state index is 6.22. The quantitative estimate of drug-likeness (QED) is 0.778. The summed E-state index contributed by atoms with van der Waals surface area (Å²) in [5.41, 5.74) is 1.63. The molecule has 3 nitrogen and oxygen atoms in total. The second-order valence-electron chi connectivity index (χ2n) is 5.31. The zero-order valence-corrected chi connectivity index (χ0v) is 13.3. The van der Waals surface area contributed by atoms with Crippen LogP contribution >= 0.6 is 23.2 Å². The number of halogens is 2. The standard InChI is InChI=1S/C16H16Cl2N2O/c1-11-13(17)19-15(20-14(11)18)16(7-9-21-10-8-16)12-5-3-2-4-6-12/h2-6H,7-10H2,1H3. The molecule has 1 aliphatic rings. The van der Waals surface area contributed by atoms with Gasteiger partial charge in [0.15, 0.2) is 0 Å². The SMILES string of the molecule is Cc1c(Cl)nc(C2(c3ccccc3)CCOCC2)nc1Cl. The van der Waals surface area contributed by atoms with E-state index in [1.807, 2.05) is 25.1 Å². The molecule has 0 atom stereocenters. The van der Waals surface area contributed by atoms with Gasteiger partial charge in [0.2, 0.25) is 0 Å². The monoisotopic (exact) mass is 322 g/mol. The zero-order valence-electron chi connectivity index (χ0n) is 11.8. The van der Waals surface area contributed by atoms with Gasteiger partial charge in [-0.05, 0) is 25.3 Å². The van der Waals surface area contributed by atoms with Gasteiger partial charge in [-0.2, -0.15) is 0 Å². The summed E-state index contributed by atoms with van der Waals surface area (Å²) >= 11 is 12.4. The van der Waals surface area contributed by atoms with Gasteiger partial charge in [-0.3, -0.25) is 0 Å². The average molecular weight is 323 g/mol. The van der Waals surface area contributed by atoms with Crippen molar-refractivity contribution in [1.29, 1.82) is 0 Å². The fourth-order valence-electron chi connectivity index (χ4n) is 2.80. The minimum Gasteiger partial charge on any atom is -0.381 e. The topological polar surface area (TPSA) is 35.0 Å². The number of hydrogen-bond acceptors (Lipinski definition) is 3. The normalized spacial score (nSPS) is 17.7. The number of hydrogen-bond donors (Lipinski definition) is 0. The number of ether oxygens (including phenoxy) is 1. The summed E-state index contributed by atoms with van der Waals surface area (Å²) in [6.07, 6.45) is 1.65. The van der Waals surface area contributed by atoms with Gasteiger partial charge in [0.05, 0.1) is 5.41 Å². The van der Waals surface area contributed by atoms with Crippen LogP contribution in [0.25, 0.3) is 0 Å². The lowest BCUT2D eigenvalue weighted by molar-refractivity contribution is 0.0604. The van der Waals surface area contributed by atoms with E-state index in [0.717, 1.165) is 18.4 Å². The van der Waals surface area contributed by atoms with Crippen LogP contribution in [0, 0.1) is 6.92 Å². The van der Waals surface area contributed by atoms with Crippen LogP contribution in [0.5, 0.6) is 0 Å². The molecule has 0 amide bonds. The minimum absolute atomic E-state index is 0.277. The molecule has 1 fully saturated rings. The van der Waals surface area contributed by atoms with Gasteiger partial charge < -0.3 is 4.74 Å². The molecule has 0 unspecified atom stereocenters. The number of rotatable bonds is 2. The Balaban J connectivity index is 2.17. The molecule has 2 aromatic rings. The first kappa shape index (κ1) is 14.8. The second kappa shape index (κ2) is 5.91. The van der Waals surface area contributed by atoms with E-state index >= 15 is 0 Å². The second-order valence-corrected chi connectivity index (χ2v) is 6.03. The Hall–Kier alpha value is -1.16. The maximum absolute atomic E-state index is 6.22. The first-order chi connectivity index (χ1) is 10.1. The van der Waals surface area contributed by atoms with Gasteiger partial charge >= 0.3 is 0 Å². The molecular weight excluding hydrogens is 307 g/mol. The van der Waals surface area contributed by atoms with E-state index in [-0.39, 0.29) is 5.41 Å². The third-order valence-corrected chi connectivity index (χ3v) is 4.86. The molecule has 110 valence electrons. The van der Waals surface area contributed by atoms with Crippen molar-refractivity contribution in [3.8, 4) is 0 Å². The molecule has 2 heterocycles. The molecule has 1 aromatic heterocycles. The van der Waals surface area contributed by atoms with Gasteiger partial charge in [-0.1, -0.05) is 53.5 Å². The number of nitrogens with zero attached hydrogens (tertiary/aromatic N) is 2. The van der Waals surface area contributed by atoms with Gasteiger partial charge in [0.25, 0.3) is 0 Å². The third-order valence-electron chi connectivity index (χ3n) is 4.13. The van der Waals surface area contributed by atoms with Crippen LogP contribution in [0.3, 0.4) is 0 Å². The van der Waals surface area contributed by atoms with E-state index in [0.29, 0.717) is 29.3 Å². The molecule has 5 heteroatoms. The lowest BCUT2D eigenvalue weighted by Gasteiger charge is -2.36. The van der Waals surface area contributed by atoms with Crippen molar-refractivity contribution in [2.24, 2.45) is 0 Å². The molecular formula is C16H16Cl2N2O. The summed E-state index contributed by atoms with van der Waals surface area (Å²) in [4.78, 5) is 9.04. The highest BCUT2D eigenvalue weighted by atomic mass is 35.5. The smallest absolute Gasteiger partial charge is 0.142 e. The number of aromatic nitrogens is 2. The van der Waals surface area contributed by atoms with Crippen LogP contribution in [-0.2, 0) is 10.2 Å². The van der Waals surface area contributed by atoms with E-state index in [1.165, 1.54) is 5.56 Å². The van der Waals surface area contributed by atoms with Gasteiger partial charge in [-0.15, -0.1) is 0 Å². The zero-order chi connectivity index (χ0) is 14.9. The van der Waals surface area contributed by atoms with Crippen molar-refractivity contribution >= 4 is 23.2 Å². The predicted octanol–water partition coefficient (Wildman–Crippen LogP) is 4.19. The third kappa shape index (κ3) is 2.66. The Morgan fingerprint density at radius 3 is 2.14 bits per heavy atom. The molecule has 0 radical (unpaired) electrons. The summed E-state index contributed by atoms with van der Waals surface area (Å²) in [5, 5.41) is 0.846. The fraction of sp³-hybridized carbons (Fsp3) is 0.375. The molecule has 0 spiro atoms. The van der Waals surface area contributed by atoms with E-state index in [1.54, 1.807) is 0 Å². The van der Waals surface area contributed by atoms with Crippen LogP contribution in [0.2, 0.25) is 10.3 Å². The molecule has 1 saturated heterocycles. The minimum atomic E-state index is -0.277. The van der Waals surface area contributed by atoms with E-state index in [4.69, 9.17) is 27.9 Å². The molecule has 3 rings (SSSR count). The number of benzene rings is 1. The Labute approximate surface area is 134 Å². The highest BCUT2D eigenvalue weighted by Gasteiger charge is 2.39. The van der Waals surface area contributed by atoms with Crippen LogP contribution in [0.4, 0.5) is 0 Å². The lowest BCUT2D eigenvalue weighted by Crippen LogP contribution is -2.37. The Morgan fingerprint density at radius 1 is 1.00 bits per heavy atom. The molecule has 0 N–H and O–H groups in total. The van der Waals surface area contributed by atoms with Crippen molar-refractivity contribution < 1.29 is 4.74 Å². The average Bonchev–Trinajstić information content (AvgIpc) is 2.53. The van der Waals surface area contributed by atoms with Crippen LogP contribution < -0.4 is 0 Å². The Kier molecular flexibility index (Phi) is 4.16. The molecule has 1 aromatic carbocycles. The van der Waals surface area contributed by atoms with Gasteiger partial charge in [-0.25, -0.2) is 9.97 Å². The maximum Gasteiger partial charge on any atom is 0.142 e. The summed E-state index contributed by atoms with van der Waals surface area (Å²) < 4.78 is 5.53. The molecule has 0 saturated carbocycles. The molecule has 0 bridgehead atoms.